The van der Waals surface area contributed by atoms with Crippen molar-refractivity contribution in [3.63, 3.8) is 0 Å². The predicted molar refractivity (Wildman–Crippen MR) is 295 cm³/mol. The van der Waals surface area contributed by atoms with Crippen molar-refractivity contribution in [3.8, 4) is 109 Å². The molecule has 346 valence electrons. The maximum Gasteiger partial charge on any atom is 0.101 e. The summed E-state index contributed by atoms with van der Waals surface area (Å²) < 4.78 is 4.20. The first kappa shape index (κ1) is 45.4. The number of hydrogen-bond donors (Lipinski definition) is 0. The molecule has 0 bridgehead atoms. The summed E-state index contributed by atoms with van der Waals surface area (Å²) in [4.78, 5) is 0. The van der Waals surface area contributed by atoms with Crippen molar-refractivity contribution in [2.24, 2.45) is 0 Å². The van der Waals surface area contributed by atoms with Gasteiger partial charge in [0.2, 0.25) is 0 Å². The Balaban J connectivity index is 1.17. The second-order valence-corrected chi connectivity index (χ2v) is 18.4. The maximum atomic E-state index is 11.5. The van der Waals surface area contributed by atoms with Crippen LogP contribution in [0.2, 0.25) is 0 Å². The van der Waals surface area contributed by atoms with E-state index in [-0.39, 0.29) is 0 Å². The molecule has 2 heterocycles. The summed E-state index contributed by atoms with van der Waals surface area (Å²) in [7, 11) is 0. The first-order chi connectivity index (χ1) is 37.3. The highest BCUT2D eigenvalue weighted by Gasteiger charge is 2.24. The molecule has 2 aromatic heterocycles. The molecule has 76 heavy (non-hydrogen) atoms. The molecule has 0 aliphatic rings. The van der Waals surface area contributed by atoms with E-state index in [0.29, 0.717) is 61.4 Å². The lowest BCUT2D eigenvalue weighted by Crippen LogP contribution is -2.04. The third-order valence-corrected chi connectivity index (χ3v) is 14.0. The van der Waals surface area contributed by atoms with Crippen molar-refractivity contribution in [3.05, 3.63) is 239 Å². The highest BCUT2D eigenvalue weighted by molar-refractivity contribution is 6.14. The lowest BCUT2D eigenvalue weighted by Gasteiger charge is -2.19. The van der Waals surface area contributed by atoms with Crippen LogP contribution in [0.25, 0.3) is 111 Å². The SMILES string of the molecule is N#Cc1cccc(-c2ccc3c(c2)c2cc(-c4cccc(C#N)c4)ccc2n3-c2cc(-c3cc(C#N)cc(C#N)c3)c(-n3c4ccc(-c5cccc(C#N)c5)cc4c4cc(-c5cccc(C#N)c5)ccc43)cc2C#N)c1. The highest BCUT2D eigenvalue weighted by atomic mass is 15.0. The lowest BCUT2D eigenvalue weighted by atomic mass is 9.96. The number of benzene rings is 10. The normalized spacial score (nSPS) is 10.8. The summed E-state index contributed by atoms with van der Waals surface area (Å²) in [6.07, 6.45) is 0. The van der Waals surface area contributed by atoms with Gasteiger partial charge < -0.3 is 9.13 Å². The summed E-state index contributed by atoms with van der Waals surface area (Å²) in [6, 6.07) is 79.5. The largest absolute Gasteiger partial charge is 0.309 e. The van der Waals surface area contributed by atoms with Crippen molar-refractivity contribution in [2.45, 2.75) is 0 Å². The average Bonchev–Trinajstić information content (AvgIpc) is 3.99. The number of fused-ring (bicyclic) bond motifs is 6. The van der Waals surface area contributed by atoms with E-state index in [2.05, 4.69) is 75.9 Å². The van der Waals surface area contributed by atoms with Crippen molar-refractivity contribution in [1.29, 1.82) is 36.8 Å². The zero-order valence-corrected chi connectivity index (χ0v) is 40.1. The van der Waals surface area contributed by atoms with Gasteiger partial charge in [0.15, 0.2) is 0 Å². The number of hydrogen-bond acceptors (Lipinski definition) is 7. The van der Waals surface area contributed by atoms with Gasteiger partial charge in [0.05, 0.1) is 109 Å². The van der Waals surface area contributed by atoms with Gasteiger partial charge in [-0.05, 0) is 177 Å². The van der Waals surface area contributed by atoms with Gasteiger partial charge in [-0.15, -0.1) is 0 Å². The molecule has 0 amide bonds. The minimum Gasteiger partial charge on any atom is -0.309 e. The second-order valence-electron chi connectivity index (χ2n) is 18.4. The van der Waals surface area contributed by atoms with Crippen LogP contribution in [0.15, 0.2) is 200 Å². The lowest BCUT2D eigenvalue weighted by molar-refractivity contribution is 1.14. The highest BCUT2D eigenvalue weighted by Crippen LogP contribution is 2.44. The number of aromatic nitrogens is 2. The van der Waals surface area contributed by atoms with Crippen LogP contribution >= 0.6 is 0 Å². The van der Waals surface area contributed by atoms with E-state index in [1.165, 1.54) is 0 Å². The van der Waals surface area contributed by atoms with Gasteiger partial charge in [-0.25, -0.2) is 0 Å². The van der Waals surface area contributed by atoms with E-state index in [4.69, 9.17) is 0 Å². The van der Waals surface area contributed by atoms with Crippen LogP contribution in [0.4, 0.5) is 0 Å². The van der Waals surface area contributed by atoms with E-state index in [0.717, 1.165) is 88.1 Å². The zero-order chi connectivity index (χ0) is 52.0. The van der Waals surface area contributed by atoms with E-state index < -0.39 is 0 Å². The predicted octanol–water partition coefficient (Wildman–Crippen LogP) is 15.3. The fourth-order valence-electron chi connectivity index (χ4n) is 10.5. The third-order valence-electron chi connectivity index (χ3n) is 14.0. The second kappa shape index (κ2) is 18.4. The average molecular weight is 964 g/mol. The summed E-state index contributed by atoms with van der Waals surface area (Å²) >= 11 is 0. The molecule has 9 heteroatoms. The Morgan fingerprint density at radius 1 is 0.237 bits per heavy atom. The zero-order valence-electron chi connectivity index (χ0n) is 40.1. The molecule has 12 aromatic rings. The first-order valence-corrected chi connectivity index (χ1v) is 24.0. The molecule has 0 atom stereocenters. The summed E-state index contributed by atoms with van der Waals surface area (Å²) in [5.41, 5.74) is 15.7. The summed E-state index contributed by atoms with van der Waals surface area (Å²) in [5, 5.41) is 75.1. The minimum absolute atomic E-state index is 0.291. The maximum absolute atomic E-state index is 11.5. The van der Waals surface area contributed by atoms with E-state index >= 15 is 0 Å². The van der Waals surface area contributed by atoms with Gasteiger partial charge in [-0.1, -0.05) is 72.8 Å². The Bertz CT molecular complexity index is 4540. The molecule has 0 fully saturated rings. The molecule has 0 unspecified atom stereocenters. The van der Waals surface area contributed by atoms with Crippen LogP contribution in [0.1, 0.15) is 38.9 Å². The van der Waals surface area contributed by atoms with Gasteiger partial charge in [0, 0.05) is 27.1 Å². The van der Waals surface area contributed by atoms with Crippen molar-refractivity contribution in [2.75, 3.05) is 0 Å². The molecule has 0 N–H and O–H groups in total. The topological polar surface area (TPSA) is 176 Å². The van der Waals surface area contributed by atoms with Crippen LogP contribution in [0.5, 0.6) is 0 Å². The molecule has 0 saturated heterocycles. The Morgan fingerprint density at radius 2 is 0.539 bits per heavy atom. The summed E-state index contributed by atoms with van der Waals surface area (Å²) in [6.45, 7) is 0. The number of nitrogens with zero attached hydrogens (tertiary/aromatic N) is 9. The molecule has 9 nitrogen and oxygen atoms in total. The third kappa shape index (κ3) is 7.69. The van der Waals surface area contributed by atoms with Gasteiger partial charge in [-0.3, -0.25) is 0 Å². The quantitative estimate of drug-likeness (QED) is 0.153. The summed E-state index contributed by atoms with van der Waals surface area (Å²) in [5.74, 6) is 0. The molecule has 12 rings (SSSR count). The van der Waals surface area contributed by atoms with Gasteiger partial charge >= 0.3 is 0 Å². The minimum atomic E-state index is 0.291. The van der Waals surface area contributed by atoms with Crippen molar-refractivity contribution in [1.82, 2.24) is 9.13 Å². The van der Waals surface area contributed by atoms with Crippen LogP contribution in [0, 0.1) is 79.3 Å². The molecular formula is C67H33N9. The molecule has 0 aliphatic carbocycles. The fraction of sp³-hybridized carbons (Fsp3) is 0. The van der Waals surface area contributed by atoms with Crippen molar-refractivity contribution < 1.29 is 0 Å². The van der Waals surface area contributed by atoms with E-state index in [1.807, 2.05) is 133 Å². The van der Waals surface area contributed by atoms with Crippen LogP contribution < -0.4 is 0 Å². The first-order valence-electron chi connectivity index (χ1n) is 24.0. The van der Waals surface area contributed by atoms with E-state index in [1.54, 1.807) is 42.5 Å². The Kier molecular flexibility index (Phi) is 11.0. The molecular weight excluding hydrogens is 931 g/mol. The van der Waals surface area contributed by atoms with Crippen LogP contribution in [0.3, 0.4) is 0 Å². The molecule has 0 radical (unpaired) electrons. The van der Waals surface area contributed by atoms with Crippen LogP contribution in [-0.4, -0.2) is 9.13 Å². The smallest absolute Gasteiger partial charge is 0.101 e. The Hall–Kier alpha value is -11.8. The monoisotopic (exact) mass is 963 g/mol. The molecule has 10 aromatic carbocycles. The fourth-order valence-corrected chi connectivity index (χ4v) is 10.5. The van der Waals surface area contributed by atoms with Gasteiger partial charge in [0.1, 0.15) is 6.07 Å². The standard InChI is InChI=1S/C67H33N9/c68-34-41-5-1-9-47(22-41)51-13-17-62-58(28-51)59-29-52(48-10-2-6-42(23-48)35-69)14-18-63(59)75(62)66-33-57(55-26-45(38-72)21-46(27-55)39-73)67(32-56(66)40-74)76-64-19-15-53(49-11-3-7-43(24-49)36-70)30-60(64)61-31-54(16-20-65(61)76)50-12-4-8-44(25-50)37-71/h1-33H. The van der Waals surface area contributed by atoms with Crippen LogP contribution in [-0.2, 0) is 0 Å². The number of nitriles is 7. The Morgan fingerprint density at radius 3 is 0.855 bits per heavy atom. The van der Waals surface area contributed by atoms with E-state index in [9.17, 15) is 36.8 Å². The van der Waals surface area contributed by atoms with Gasteiger partial charge in [0.25, 0.3) is 0 Å². The molecule has 0 saturated carbocycles. The molecule has 0 spiro atoms. The Labute approximate surface area is 436 Å². The number of rotatable bonds is 7. The molecule has 0 aliphatic heterocycles. The van der Waals surface area contributed by atoms with Crippen molar-refractivity contribution >= 4 is 43.6 Å². The van der Waals surface area contributed by atoms with Gasteiger partial charge in [-0.2, -0.15) is 36.8 Å².